The Kier molecular flexibility index (Phi) is 3.14. The predicted octanol–water partition coefficient (Wildman–Crippen LogP) is 2.87. The number of H-pyrrole nitrogens is 1. The van der Waals surface area contributed by atoms with E-state index in [1.165, 1.54) is 6.07 Å². The zero-order valence-electron chi connectivity index (χ0n) is 11.5. The number of carbonyl (C=O) groups is 1. The fraction of sp³-hybridized carbons (Fsp3) is 0.0588. The number of nitrogens with two attached hydrogens (primary N) is 1. The average molecular weight is 281 g/mol. The summed E-state index contributed by atoms with van der Waals surface area (Å²) in [7, 11) is 0. The average Bonchev–Trinajstić information content (AvgIpc) is 2.46. The molecule has 3 N–H and O–H groups in total. The van der Waals surface area contributed by atoms with Crippen LogP contribution in [0.5, 0.6) is 0 Å². The summed E-state index contributed by atoms with van der Waals surface area (Å²) in [4.78, 5) is 14.5. The number of aromatic amines is 1. The zero-order chi connectivity index (χ0) is 15.0. The van der Waals surface area contributed by atoms with Gasteiger partial charge in [0.25, 0.3) is 5.69 Å². The fourth-order valence-electron chi connectivity index (χ4n) is 2.43. The lowest BCUT2D eigenvalue weighted by molar-refractivity contribution is -0.348. The normalized spacial score (nSPS) is 10.8. The molecule has 2 aromatic carbocycles. The van der Waals surface area contributed by atoms with Crippen molar-refractivity contribution in [2.24, 2.45) is 5.73 Å². The first-order valence-corrected chi connectivity index (χ1v) is 6.57. The van der Waals surface area contributed by atoms with Crippen LogP contribution >= 0.6 is 0 Å². The molecule has 1 amide bonds. The predicted molar refractivity (Wildman–Crippen MR) is 79.2 cm³/mol. The van der Waals surface area contributed by atoms with Crippen molar-refractivity contribution in [3.05, 3.63) is 65.6 Å². The summed E-state index contributed by atoms with van der Waals surface area (Å²) in [5.41, 5.74) is 8.51. The van der Waals surface area contributed by atoms with E-state index in [4.69, 9.17) is 5.73 Å². The molecule has 4 heteroatoms. The molecule has 0 atom stereocenters. The number of hydrogen-bond donors (Lipinski definition) is 1. The lowest BCUT2D eigenvalue weighted by atomic mass is 9.98. The number of benzene rings is 2. The standard InChI is InChI=1S/C17H13FN2O/c1-10-6-7-12-13(11-4-2-3-5-14(11)18)9-16(17(19)21)20-15(12)8-10/h2-9H,1H3,(H2,19,21)/p+1. The van der Waals surface area contributed by atoms with Crippen LogP contribution in [-0.2, 0) is 0 Å². The Morgan fingerprint density at radius 1 is 1.10 bits per heavy atom. The molecule has 0 aliphatic carbocycles. The fourth-order valence-corrected chi connectivity index (χ4v) is 2.43. The number of aryl methyl sites for hydroxylation is 1. The van der Waals surface area contributed by atoms with Gasteiger partial charge in [0, 0.05) is 23.3 Å². The molecule has 0 unspecified atom stereocenters. The molecule has 0 spiro atoms. The zero-order valence-corrected chi connectivity index (χ0v) is 11.5. The largest absolute Gasteiger partial charge is 0.360 e. The molecule has 0 aliphatic rings. The van der Waals surface area contributed by atoms with E-state index in [0.717, 1.165) is 16.5 Å². The van der Waals surface area contributed by atoms with Crippen LogP contribution < -0.4 is 10.7 Å². The molecular weight excluding hydrogens is 267 g/mol. The van der Waals surface area contributed by atoms with Crippen molar-refractivity contribution < 1.29 is 14.2 Å². The van der Waals surface area contributed by atoms with Gasteiger partial charge in [0.1, 0.15) is 5.82 Å². The maximum atomic E-state index is 14.1. The van der Waals surface area contributed by atoms with Crippen LogP contribution in [0.4, 0.5) is 4.39 Å². The summed E-state index contributed by atoms with van der Waals surface area (Å²) in [5, 5.41) is 0.843. The molecule has 0 bridgehead atoms. The molecule has 0 radical (unpaired) electrons. The van der Waals surface area contributed by atoms with E-state index >= 15 is 0 Å². The summed E-state index contributed by atoms with van der Waals surface area (Å²) in [6, 6.07) is 13.8. The van der Waals surface area contributed by atoms with Crippen LogP contribution in [0.15, 0.2) is 48.5 Å². The van der Waals surface area contributed by atoms with Crippen molar-refractivity contribution >= 4 is 16.8 Å². The number of pyridine rings is 1. The Bertz CT molecular complexity index is 859. The third-order valence-electron chi connectivity index (χ3n) is 3.45. The molecule has 3 nitrogen and oxygen atoms in total. The van der Waals surface area contributed by atoms with Crippen LogP contribution in [0.25, 0.3) is 22.0 Å². The van der Waals surface area contributed by atoms with Crippen LogP contribution in [0, 0.1) is 12.7 Å². The number of carbonyl (C=O) groups excluding carboxylic acids is 1. The van der Waals surface area contributed by atoms with Gasteiger partial charge in [-0.05, 0) is 24.6 Å². The van der Waals surface area contributed by atoms with Crippen molar-refractivity contribution in [3.8, 4) is 11.1 Å². The Morgan fingerprint density at radius 3 is 2.57 bits per heavy atom. The van der Waals surface area contributed by atoms with Gasteiger partial charge in [0.05, 0.1) is 5.39 Å². The lowest BCUT2D eigenvalue weighted by Gasteiger charge is -2.06. The quantitative estimate of drug-likeness (QED) is 0.771. The molecule has 0 saturated heterocycles. The topological polar surface area (TPSA) is 57.2 Å². The highest BCUT2D eigenvalue weighted by atomic mass is 19.1. The smallest absolute Gasteiger partial charge is 0.313 e. The molecule has 0 fully saturated rings. The van der Waals surface area contributed by atoms with E-state index in [-0.39, 0.29) is 11.5 Å². The van der Waals surface area contributed by atoms with E-state index in [9.17, 15) is 9.18 Å². The van der Waals surface area contributed by atoms with Crippen molar-refractivity contribution in [1.29, 1.82) is 0 Å². The highest BCUT2D eigenvalue weighted by Crippen LogP contribution is 2.29. The number of fused-ring (bicyclic) bond motifs is 1. The van der Waals surface area contributed by atoms with Gasteiger partial charge in [-0.3, -0.25) is 4.79 Å². The minimum Gasteiger partial charge on any atom is -0.360 e. The number of halogens is 1. The number of nitrogens with one attached hydrogen (secondary N) is 1. The summed E-state index contributed by atoms with van der Waals surface area (Å²) in [6.45, 7) is 1.95. The van der Waals surface area contributed by atoms with Gasteiger partial charge in [0.2, 0.25) is 5.52 Å². The van der Waals surface area contributed by atoms with E-state index in [0.29, 0.717) is 11.1 Å². The Morgan fingerprint density at radius 2 is 1.86 bits per heavy atom. The molecule has 1 heterocycles. The molecule has 104 valence electrons. The van der Waals surface area contributed by atoms with Crippen molar-refractivity contribution in [2.45, 2.75) is 6.92 Å². The first-order chi connectivity index (χ1) is 10.1. The van der Waals surface area contributed by atoms with Gasteiger partial charge in [0.15, 0.2) is 0 Å². The maximum Gasteiger partial charge on any atom is 0.313 e. The number of rotatable bonds is 2. The highest BCUT2D eigenvalue weighted by Gasteiger charge is 2.18. The van der Waals surface area contributed by atoms with Crippen molar-refractivity contribution in [1.82, 2.24) is 0 Å². The van der Waals surface area contributed by atoms with E-state index < -0.39 is 5.91 Å². The van der Waals surface area contributed by atoms with Crippen molar-refractivity contribution in [3.63, 3.8) is 0 Å². The molecule has 0 saturated carbocycles. The van der Waals surface area contributed by atoms with E-state index in [1.54, 1.807) is 24.3 Å². The number of aromatic nitrogens is 1. The summed E-state index contributed by atoms with van der Waals surface area (Å²) < 4.78 is 14.1. The molecule has 21 heavy (non-hydrogen) atoms. The monoisotopic (exact) mass is 281 g/mol. The lowest BCUT2D eigenvalue weighted by Crippen LogP contribution is -2.24. The minimum absolute atomic E-state index is 0.256. The van der Waals surface area contributed by atoms with Gasteiger partial charge < -0.3 is 5.73 Å². The number of primary amides is 1. The Hall–Kier alpha value is -2.75. The van der Waals surface area contributed by atoms with Crippen molar-refractivity contribution in [2.75, 3.05) is 0 Å². The van der Waals surface area contributed by atoms with Crippen LogP contribution in [0.2, 0.25) is 0 Å². The second-order valence-electron chi connectivity index (χ2n) is 4.99. The summed E-state index contributed by atoms with van der Waals surface area (Å²) in [6.07, 6.45) is 0. The Labute approximate surface area is 121 Å². The third kappa shape index (κ3) is 2.36. The second-order valence-corrected chi connectivity index (χ2v) is 4.99. The van der Waals surface area contributed by atoms with Gasteiger partial charge >= 0.3 is 5.91 Å². The van der Waals surface area contributed by atoms with Crippen LogP contribution in [-0.4, -0.2) is 5.91 Å². The minimum atomic E-state index is -0.573. The van der Waals surface area contributed by atoms with E-state index in [2.05, 4.69) is 4.98 Å². The van der Waals surface area contributed by atoms with Gasteiger partial charge in [-0.1, -0.05) is 24.3 Å². The second kappa shape index (κ2) is 4.98. The van der Waals surface area contributed by atoms with Gasteiger partial charge in [-0.15, -0.1) is 0 Å². The Balaban J connectivity index is 2.40. The first-order valence-electron chi connectivity index (χ1n) is 6.57. The number of amides is 1. The summed E-state index contributed by atoms with van der Waals surface area (Å²) >= 11 is 0. The molecule has 1 aromatic heterocycles. The molecular formula is C17H14FN2O+. The molecule has 3 aromatic rings. The third-order valence-corrected chi connectivity index (χ3v) is 3.45. The maximum absolute atomic E-state index is 14.1. The van der Waals surface area contributed by atoms with Gasteiger partial charge in [-0.25, -0.2) is 9.37 Å². The molecule has 0 aliphatic heterocycles. The first kappa shape index (κ1) is 13.2. The molecule has 3 rings (SSSR count). The SMILES string of the molecule is Cc1ccc2c(-c3ccccc3F)cc(C(N)=O)[nH+]c2c1. The highest BCUT2D eigenvalue weighted by molar-refractivity contribution is 5.98. The number of hydrogen-bond acceptors (Lipinski definition) is 1. The summed E-state index contributed by atoms with van der Waals surface area (Å²) in [5.74, 6) is -0.906. The van der Waals surface area contributed by atoms with E-state index in [1.807, 2.05) is 25.1 Å². The van der Waals surface area contributed by atoms with Gasteiger partial charge in [-0.2, -0.15) is 0 Å². The van der Waals surface area contributed by atoms with Crippen LogP contribution in [0.1, 0.15) is 16.1 Å². The van der Waals surface area contributed by atoms with Crippen LogP contribution in [0.3, 0.4) is 0 Å².